The number of ether oxygens (including phenoxy) is 2. The molecular formula is C21H19FN4O3S. The summed E-state index contributed by atoms with van der Waals surface area (Å²) in [6.07, 6.45) is 1.70. The lowest BCUT2D eigenvalue weighted by atomic mass is 10.2. The highest BCUT2D eigenvalue weighted by Crippen LogP contribution is 2.34. The number of halogens is 1. The van der Waals surface area contributed by atoms with E-state index in [-0.39, 0.29) is 18.5 Å². The third kappa shape index (κ3) is 4.16. The number of hydrogen-bond donors (Lipinski definition) is 1. The number of nitrogens with zero attached hydrogens (tertiary/aromatic N) is 3. The highest BCUT2D eigenvalue weighted by Gasteiger charge is 2.22. The van der Waals surface area contributed by atoms with Crippen LogP contribution in [0.5, 0.6) is 11.5 Å². The van der Waals surface area contributed by atoms with Crippen molar-refractivity contribution in [2.24, 2.45) is 0 Å². The lowest BCUT2D eigenvalue weighted by molar-refractivity contribution is -0.115. The van der Waals surface area contributed by atoms with Gasteiger partial charge in [0.2, 0.25) is 12.7 Å². The van der Waals surface area contributed by atoms with Crippen LogP contribution in [0.1, 0.15) is 6.92 Å². The van der Waals surface area contributed by atoms with Gasteiger partial charge in [0.25, 0.3) is 0 Å². The van der Waals surface area contributed by atoms with Gasteiger partial charge < -0.3 is 14.8 Å². The standard InChI is InChI=1S/C21H19FN4O3S/c1-3-9-26-19(14-5-4-6-15(22)10-14)24-25-21(26)30-13(2)20(27)23-16-7-8-17-18(11-16)29-12-28-17/h3-8,10-11,13H,1,9,12H2,2H3,(H,23,27)/t13-/m0/s1. The Morgan fingerprint density at radius 1 is 1.30 bits per heavy atom. The second kappa shape index (κ2) is 8.58. The van der Waals surface area contributed by atoms with Gasteiger partial charge in [-0.05, 0) is 31.2 Å². The molecule has 1 aliphatic heterocycles. The fourth-order valence-electron chi connectivity index (χ4n) is 2.94. The van der Waals surface area contributed by atoms with Crippen LogP contribution in [0.3, 0.4) is 0 Å². The highest BCUT2D eigenvalue weighted by atomic mass is 32.2. The van der Waals surface area contributed by atoms with Crippen LogP contribution in [0.2, 0.25) is 0 Å². The maximum atomic E-state index is 13.6. The first-order valence-corrected chi connectivity index (χ1v) is 10.1. The molecule has 2 heterocycles. The maximum absolute atomic E-state index is 13.6. The average Bonchev–Trinajstić information content (AvgIpc) is 3.35. The van der Waals surface area contributed by atoms with Gasteiger partial charge in [-0.15, -0.1) is 16.8 Å². The Kier molecular flexibility index (Phi) is 5.71. The predicted octanol–water partition coefficient (Wildman–Crippen LogP) is 4.12. The fraction of sp³-hybridized carbons (Fsp3) is 0.190. The van der Waals surface area contributed by atoms with Crippen LogP contribution in [-0.2, 0) is 11.3 Å². The number of aromatic nitrogens is 3. The first kappa shape index (κ1) is 20.0. The lowest BCUT2D eigenvalue weighted by Gasteiger charge is -2.13. The minimum Gasteiger partial charge on any atom is -0.454 e. The van der Waals surface area contributed by atoms with Crippen molar-refractivity contribution in [1.29, 1.82) is 0 Å². The Labute approximate surface area is 176 Å². The van der Waals surface area contributed by atoms with Crippen LogP contribution in [0.25, 0.3) is 11.4 Å². The van der Waals surface area contributed by atoms with E-state index in [1.54, 1.807) is 47.9 Å². The largest absolute Gasteiger partial charge is 0.454 e. The summed E-state index contributed by atoms with van der Waals surface area (Å²) in [7, 11) is 0. The lowest BCUT2D eigenvalue weighted by Crippen LogP contribution is -2.23. The Bertz CT molecular complexity index is 1100. The quantitative estimate of drug-likeness (QED) is 0.452. The zero-order valence-corrected chi connectivity index (χ0v) is 17.0. The second-order valence-electron chi connectivity index (χ2n) is 6.53. The monoisotopic (exact) mass is 426 g/mol. The first-order chi connectivity index (χ1) is 14.5. The number of rotatable bonds is 7. The molecule has 9 heteroatoms. The highest BCUT2D eigenvalue weighted by molar-refractivity contribution is 8.00. The summed E-state index contributed by atoms with van der Waals surface area (Å²) in [4.78, 5) is 12.7. The molecule has 0 radical (unpaired) electrons. The number of benzene rings is 2. The van der Waals surface area contributed by atoms with Crippen LogP contribution in [0.15, 0.2) is 60.3 Å². The summed E-state index contributed by atoms with van der Waals surface area (Å²) in [6.45, 7) is 6.15. The minimum atomic E-state index is -0.455. The molecule has 1 atom stereocenters. The Morgan fingerprint density at radius 3 is 2.93 bits per heavy atom. The Morgan fingerprint density at radius 2 is 2.13 bits per heavy atom. The molecule has 1 N–H and O–H groups in total. The molecule has 0 saturated carbocycles. The van der Waals surface area contributed by atoms with Gasteiger partial charge in [-0.3, -0.25) is 9.36 Å². The van der Waals surface area contributed by atoms with Crippen molar-refractivity contribution in [1.82, 2.24) is 14.8 Å². The summed E-state index contributed by atoms with van der Waals surface area (Å²) in [5.41, 5.74) is 1.22. The van der Waals surface area contributed by atoms with Crippen LogP contribution >= 0.6 is 11.8 Å². The topological polar surface area (TPSA) is 78.3 Å². The number of thioether (sulfide) groups is 1. The molecule has 3 aromatic rings. The summed E-state index contributed by atoms with van der Waals surface area (Å²) in [5, 5.41) is 11.4. The van der Waals surface area contributed by atoms with Gasteiger partial charge in [0.15, 0.2) is 22.5 Å². The average molecular weight is 426 g/mol. The molecular weight excluding hydrogens is 407 g/mol. The van der Waals surface area contributed by atoms with E-state index in [0.717, 1.165) is 0 Å². The van der Waals surface area contributed by atoms with E-state index in [0.29, 0.717) is 40.3 Å². The van der Waals surface area contributed by atoms with Crippen molar-refractivity contribution in [3.05, 3.63) is 60.9 Å². The molecule has 0 bridgehead atoms. The van der Waals surface area contributed by atoms with Crippen molar-refractivity contribution in [3.8, 4) is 22.9 Å². The number of carbonyl (C=O) groups is 1. The van der Waals surface area contributed by atoms with E-state index in [1.807, 2.05) is 0 Å². The van der Waals surface area contributed by atoms with Crippen molar-refractivity contribution < 1.29 is 18.7 Å². The SMILES string of the molecule is C=CCn1c(S[C@@H](C)C(=O)Nc2ccc3c(c2)OCO3)nnc1-c1cccc(F)c1. The summed E-state index contributed by atoms with van der Waals surface area (Å²) in [6, 6.07) is 11.4. The third-order valence-corrected chi connectivity index (χ3v) is 5.48. The van der Waals surface area contributed by atoms with Gasteiger partial charge in [0.1, 0.15) is 5.82 Å². The minimum absolute atomic E-state index is 0.172. The molecule has 7 nitrogen and oxygen atoms in total. The zero-order valence-electron chi connectivity index (χ0n) is 16.2. The van der Waals surface area contributed by atoms with Crippen molar-refractivity contribution in [2.45, 2.75) is 23.9 Å². The van der Waals surface area contributed by atoms with Crippen LogP contribution < -0.4 is 14.8 Å². The number of hydrogen-bond acceptors (Lipinski definition) is 6. The summed E-state index contributed by atoms with van der Waals surface area (Å²) in [5.74, 6) is 1.21. The van der Waals surface area contributed by atoms with Gasteiger partial charge in [-0.25, -0.2) is 4.39 Å². The third-order valence-electron chi connectivity index (χ3n) is 4.40. The molecule has 1 aromatic heterocycles. The van der Waals surface area contributed by atoms with Gasteiger partial charge >= 0.3 is 0 Å². The fourth-order valence-corrected chi connectivity index (χ4v) is 3.80. The first-order valence-electron chi connectivity index (χ1n) is 9.22. The van der Waals surface area contributed by atoms with E-state index in [4.69, 9.17) is 9.47 Å². The summed E-state index contributed by atoms with van der Waals surface area (Å²) < 4.78 is 26.0. The zero-order chi connectivity index (χ0) is 21.1. The van der Waals surface area contributed by atoms with Crippen LogP contribution in [0.4, 0.5) is 10.1 Å². The number of carbonyl (C=O) groups excluding carboxylic acids is 1. The van der Waals surface area contributed by atoms with Crippen molar-refractivity contribution in [2.75, 3.05) is 12.1 Å². The number of nitrogens with one attached hydrogen (secondary N) is 1. The molecule has 0 spiro atoms. The van der Waals surface area contributed by atoms with E-state index in [9.17, 15) is 9.18 Å². The molecule has 4 rings (SSSR count). The van der Waals surface area contributed by atoms with Crippen molar-refractivity contribution in [3.63, 3.8) is 0 Å². The molecule has 0 fully saturated rings. The normalized spacial score (nSPS) is 13.1. The van der Waals surface area contributed by atoms with Crippen LogP contribution in [-0.4, -0.2) is 32.7 Å². The van der Waals surface area contributed by atoms with Gasteiger partial charge in [0, 0.05) is 23.9 Å². The Hall–Kier alpha value is -3.33. The molecule has 1 amide bonds. The summed E-state index contributed by atoms with van der Waals surface area (Å²) >= 11 is 1.26. The predicted molar refractivity (Wildman–Crippen MR) is 112 cm³/mol. The molecule has 0 unspecified atom stereocenters. The number of anilines is 1. The van der Waals surface area contributed by atoms with E-state index in [1.165, 1.54) is 23.9 Å². The Balaban J connectivity index is 1.50. The molecule has 0 aliphatic carbocycles. The molecule has 0 saturated heterocycles. The van der Waals surface area contributed by atoms with Crippen LogP contribution in [0, 0.1) is 5.82 Å². The van der Waals surface area contributed by atoms with Crippen molar-refractivity contribution >= 4 is 23.4 Å². The molecule has 1 aliphatic rings. The van der Waals surface area contributed by atoms with Gasteiger partial charge in [-0.2, -0.15) is 0 Å². The second-order valence-corrected chi connectivity index (χ2v) is 7.84. The van der Waals surface area contributed by atoms with E-state index >= 15 is 0 Å². The van der Waals surface area contributed by atoms with Gasteiger partial charge in [0.05, 0.1) is 5.25 Å². The molecule has 30 heavy (non-hydrogen) atoms. The number of amides is 1. The number of allylic oxidation sites excluding steroid dienone is 1. The maximum Gasteiger partial charge on any atom is 0.237 e. The molecule has 154 valence electrons. The van der Waals surface area contributed by atoms with E-state index < -0.39 is 5.25 Å². The van der Waals surface area contributed by atoms with E-state index in [2.05, 4.69) is 22.1 Å². The molecule has 2 aromatic carbocycles. The number of fused-ring (bicyclic) bond motifs is 1. The van der Waals surface area contributed by atoms with Gasteiger partial charge in [-0.1, -0.05) is 30.0 Å². The smallest absolute Gasteiger partial charge is 0.237 e.